The van der Waals surface area contributed by atoms with Crippen LogP contribution >= 0.6 is 46.9 Å². The van der Waals surface area contributed by atoms with Crippen LogP contribution in [0.15, 0.2) is 29.3 Å². The van der Waals surface area contributed by atoms with E-state index in [0.717, 1.165) is 15.4 Å². The molecule has 1 aromatic carbocycles. The molecule has 6 nitrogen and oxygen atoms in total. The smallest absolute Gasteiger partial charge is 0.303 e. The minimum absolute atomic E-state index is 0.0432. The fourth-order valence-corrected chi connectivity index (χ4v) is 10.2. The Labute approximate surface area is 208 Å². The summed E-state index contributed by atoms with van der Waals surface area (Å²) in [5, 5.41) is 11.0. The van der Waals surface area contributed by atoms with Gasteiger partial charge in [0.2, 0.25) is 11.8 Å². The Balaban J connectivity index is 1.37. The van der Waals surface area contributed by atoms with Crippen molar-refractivity contribution >= 4 is 64.7 Å². The van der Waals surface area contributed by atoms with Crippen LogP contribution in [-0.2, 0) is 14.4 Å². The van der Waals surface area contributed by atoms with E-state index in [4.69, 9.17) is 28.9 Å². The molecular formula is C23H21ClN2O4S3. The molecule has 2 N–H and O–H groups in total. The van der Waals surface area contributed by atoms with Crippen LogP contribution in [0.1, 0.15) is 35.6 Å². The average molecular weight is 521 g/mol. The number of amides is 2. The summed E-state index contributed by atoms with van der Waals surface area (Å²) in [7, 11) is 0. The number of thioether (sulfide) groups is 1. The number of likely N-dealkylation sites (tertiary alicyclic amines) is 1. The van der Waals surface area contributed by atoms with Gasteiger partial charge in [-0.1, -0.05) is 23.7 Å². The molecular weight excluding hydrogens is 500 g/mol. The van der Waals surface area contributed by atoms with Crippen molar-refractivity contribution in [1.82, 2.24) is 9.88 Å². The summed E-state index contributed by atoms with van der Waals surface area (Å²) in [6.07, 6.45) is 1.14. The van der Waals surface area contributed by atoms with Gasteiger partial charge in [-0.2, -0.15) is 0 Å². The van der Waals surface area contributed by atoms with Crippen LogP contribution in [0, 0.1) is 33.5 Å². The molecule has 2 aliphatic carbocycles. The number of benzene rings is 1. The van der Waals surface area contributed by atoms with Gasteiger partial charge in [0.1, 0.15) is 0 Å². The maximum absolute atomic E-state index is 13.4. The summed E-state index contributed by atoms with van der Waals surface area (Å²) in [5.74, 6) is -1.07. The van der Waals surface area contributed by atoms with Crippen LogP contribution in [-0.4, -0.2) is 44.6 Å². The lowest BCUT2D eigenvalue weighted by atomic mass is 9.68. The molecule has 172 valence electrons. The van der Waals surface area contributed by atoms with Crippen LogP contribution in [0.2, 0.25) is 5.02 Å². The largest absolute Gasteiger partial charge is 0.481 e. The molecule has 1 aromatic heterocycles. The number of aromatic nitrogens is 1. The molecule has 1 saturated heterocycles. The number of aliphatic carboxylic acids is 1. The van der Waals surface area contributed by atoms with E-state index in [1.807, 2.05) is 12.1 Å². The van der Waals surface area contributed by atoms with Gasteiger partial charge in [0, 0.05) is 34.0 Å². The van der Waals surface area contributed by atoms with Crippen molar-refractivity contribution in [1.29, 1.82) is 0 Å². The number of imide groups is 1. The lowest BCUT2D eigenvalue weighted by Crippen LogP contribution is -2.42. The lowest BCUT2D eigenvalue weighted by molar-refractivity contribution is -0.142. The highest BCUT2D eigenvalue weighted by atomic mass is 35.5. The van der Waals surface area contributed by atoms with Crippen LogP contribution in [0.5, 0.6) is 0 Å². The molecule has 10 heteroatoms. The summed E-state index contributed by atoms with van der Waals surface area (Å²) in [5.41, 5.74) is 1.17. The summed E-state index contributed by atoms with van der Waals surface area (Å²) in [6, 6.07) is 7.94. The van der Waals surface area contributed by atoms with Gasteiger partial charge in [0.25, 0.3) is 0 Å². The Hall–Kier alpha value is -1.68. The first kappa shape index (κ1) is 21.8. The van der Waals surface area contributed by atoms with Gasteiger partial charge in [-0.05, 0) is 60.5 Å². The van der Waals surface area contributed by atoms with Gasteiger partial charge >= 0.3 is 5.97 Å². The third-order valence-corrected chi connectivity index (χ3v) is 11.0. The van der Waals surface area contributed by atoms with E-state index in [1.165, 1.54) is 15.3 Å². The van der Waals surface area contributed by atoms with E-state index in [1.54, 1.807) is 23.1 Å². The number of rotatable bonds is 5. The zero-order chi connectivity index (χ0) is 23.0. The van der Waals surface area contributed by atoms with Crippen molar-refractivity contribution < 1.29 is 19.5 Å². The molecule has 2 bridgehead atoms. The monoisotopic (exact) mass is 520 g/mol. The van der Waals surface area contributed by atoms with Gasteiger partial charge in [0.15, 0.2) is 3.95 Å². The highest BCUT2D eigenvalue weighted by Gasteiger charge is 2.69. The molecule has 33 heavy (non-hydrogen) atoms. The number of aromatic amines is 1. The topological polar surface area (TPSA) is 90.5 Å². The maximum atomic E-state index is 13.4. The first-order chi connectivity index (χ1) is 15.8. The molecule has 3 fully saturated rings. The molecule has 0 spiro atoms. The molecule has 2 aromatic rings. The second-order valence-electron chi connectivity index (χ2n) is 9.34. The Morgan fingerprint density at radius 3 is 2.58 bits per heavy atom. The second-order valence-corrected chi connectivity index (χ2v) is 12.7. The third-order valence-electron chi connectivity index (χ3n) is 7.82. The number of hydrogen-bond donors (Lipinski definition) is 2. The highest BCUT2D eigenvalue weighted by Crippen LogP contribution is 2.68. The van der Waals surface area contributed by atoms with Gasteiger partial charge < -0.3 is 10.1 Å². The molecule has 3 heterocycles. The van der Waals surface area contributed by atoms with Crippen molar-refractivity contribution in [3.63, 3.8) is 0 Å². The molecule has 2 saturated carbocycles. The van der Waals surface area contributed by atoms with Crippen molar-refractivity contribution in [2.24, 2.45) is 29.6 Å². The van der Waals surface area contributed by atoms with Crippen LogP contribution in [0.4, 0.5) is 0 Å². The minimum atomic E-state index is -0.911. The third kappa shape index (κ3) is 3.26. The maximum Gasteiger partial charge on any atom is 0.303 e. The zero-order valence-electron chi connectivity index (χ0n) is 17.4. The molecule has 7 atom stereocenters. The quantitative estimate of drug-likeness (QED) is 0.435. The fraction of sp³-hybridized carbons (Fsp3) is 0.478. The SMILES string of the molecule is O=C(O)CCCN1C(=O)C2C3CC(C2C1=O)C1C(c2ccc(Cl)cc2)c2sc(=S)[nH]c2SC31. The van der Waals surface area contributed by atoms with Crippen molar-refractivity contribution in [3.8, 4) is 0 Å². The highest BCUT2D eigenvalue weighted by molar-refractivity contribution is 8.00. The summed E-state index contributed by atoms with van der Waals surface area (Å²) in [6.45, 7) is 0.194. The number of hydrogen-bond acceptors (Lipinski definition) is 6. The Bertz CT molecular complexity index is 1230. The first-order valence-electron chi connectivity index (χ1n) is 11.1. The van der Waals surface area contributed by atoms with Gasteiger partial charge in [-0.3, -0.25) is 19.3 Å². The number of carbonyl (C=O) groups excluding carboxylic acids is 2. The number of carboxylic acid groups (broad SMARTS) is 1. The van der Waals surface area contributed by atoms with Crippen molar-refractivity contribution in [2.75, 3.05) is 6.54 Å². The number of fused-ring (bicyclic) bond motifs is 9. The van der Waals surface area contributed by atoms with E-state index >= 15 is 0 Å². The summed E-state index contributed by atoms with van der Waals surface area (Å²) < 4.78 is 0.746. The molecule has 4 aliphatic rings. The second kappa shape index (κ2) is 7.93. The normalized spacial score (nSPS) is 33.8. The number of carboxylic acids is 1. The van der Waals surface area contributed by atoms with E-state index in [-0.39, 0.29) is 65.5 Å². The van der Waals surface area contributed by atoms with Crippen molar-refractivity contribution in [3.05, 3.63) is 43.7 Å². The molecule has 6 rings (SSSR count). The summed E-state index contributed by atoms with van der Waals surface area (Å²) in [4.78, 5) is 43.5. The zero-order valence-corrected chi connectivity index (χ0v) is 20.6. The average Bonchev–Trinajstić information content (AvgIpc) is 3.49. The van der Waals surface area contributed by atoms with E-state index < -0.39 is 5.97 Å². The minimum Gasteiger partial charge on any atom is -0.481 e. The van der Waals surface area contributed by atoms with Crippen molar-refractivity contribution in [2.45, 2.75) is 35.5 Å². The number of nitrogens with one attached hydrogen (secondary N) is 1. The van der Waals surface area contributed by atoms with Crippen LogP contribution < -0.4 is 0 Å². The van der Waals surface area contributed by atoms with Crippen LogP contribution in [0.3, 0.4) is 0 Å². The van der Waals surface area contributed by atoms with E-state index in [2.05, 4.69) is 17.1 Å². The molecule has 2 aliphatic heterocycles. The Morgan fingerprint density at radius 1 is 1.18 bits per heavy atom. The number of H-pyrrole nitrogens is 1. The van der Waals surface area contributed by atoms with Crippen LogP contribution in [0.25, 0.3) is 0 Å². The van der Waals surface area contributed by atoms with Gasteiger partial charge in [-0.15, -0.1) is 23.1 Å². The standard InChI is InChI=1S/C23H21ClN2O4S3/c24-10-5-3-9(4-6-10)14-15-11-8-12(18(15)32-20-19(14)33-23(31)25-20)17-16(11)21(29)26(22(17)30)7-1-2-13(27)28/h3-6,11-12,14-18H,1-2,7-8H2,(H,25,31)(H,27,28). The molecule has 2 amide bonds. The predicted molar refractivity (Wildman–Crippen MR) is 128 cm³/mol. The number of thiazole rings is 1. The van der Waals surface area contributed by atoms with E-state index in [9.17, 15) is 14.4 Å². The van der Waals surface area contributed by atoms with Gasteiger partial charge in [-0.25, -0.2) is 0 Å². The first-order valence-corrected chi connectivity index (χ1v) is 13.6. The Kier molecular flexibility index (Phi) is 5.25. The van der Waals surface area contributed by atoms with Gasteiger partial charge in [0.05, 0.1) is 16.9 Å². The Morgan fingerprint density at radius 2 is 1.88 bits per heavy atom. The predicted octanol–water partition coefficient (Wildman–Crippen LogP) is 4.80. The summed E-state index contributed by atoms with van der Waals surface area (Å²) >= 11 is 15.0. The molecule has 0 radical (unpaired) electrons. The number of halogens is 1. The lowest BCUT2D eigenvalue weighted by Gasteiger charge is -2.43. The fourth-order valence-electron chi connectivity index (χ4n) is 6.73. The van der Waals surface area contributed by atoms with E-state index in [0.29, 0.717) is 11.4 Å². The number of nitrogens with zero attached hydrogens (tertiary/aromatic N) is 1. The number of carbonyl (C=O) groups is 3. The molecule has 7 unspecified atom stereocenters.